The van der Waals surface area contributed by atoms with Gasteiger partial charge in [-0.2, -0.15) is 13.2 Å². The summed E-state index contributed by atoms with van der Waals surface area (Å²) in [6.07, 6.45) is 2.59. The number of aryl methyl sites for hydroxylation is 1. The maximum atomic E-state index is 13.4. The minimum absolute atomic E-state index is 0.223. The summed E-state index contributed by atoms with van der Waals surface area (Å²) in [5.41, 5.74) is 2.84. The molecule has 0 bridgehead atoms. The van der Waals surface area contributed by atoms with Gasteiger partial charge in [0.2, 0.25) is 15.9 Å². The highest BCUT2D eigenvalue weighted by Crippen LogP contribution is 2.33. The fraction of sp³-hybridized carbons (Fsp3) is 0.406. The molecule has 3 N–H and O–H groups in total. The predicted molar refractivity (Wildman–Crippen MR) is 160 cm³/mol. The number of rotatable bonds is 10. The van der Waals surface area contributed by atoms with Crippen molar-refractivity contribution < 1.29 is 26.4 Å². The van der Waals surface area contributed by atoms with Gasteiger partial charge in [-0.3, -0.25) is 4.79 Å². The van der Waals surface area contributed by atoms with Gasteiger partial charge in [0.05, 0.1) is 22.5 Å². The van der Waals surface area contributed by atoms with E-state index in [0.29, 0.717) is 22.7 Å². The van der Waals surface area contributed by atoms with Gasteiger partial charge in [-0.15, -0.1) is 0 Å². The van der Waals surface area contributed by atoms with E-state index in [1.165, 1.54) is 36.8 Å². The van der Waals surface area contributed by atoms with Crippen molar-refractivity contribution in [3.63, 3.8) is 0 Å². The molecule has 0 aromatic heterocycles. The molecule has 2 aliphatic carbocycles. The Balaban J connectivity index is 1.30. The van der Waals surface area contributed by atoms with E-state index in [2.05, 4.69) is 33.6 Å². The number of hydrogen-bond acceptors (Lipinski definition) is 4. The molecule has 0 radical (unpaired) electrons. The Hall–Kier alpha value is -2.92. The van der Waals surface area contributed by atoms with E-state index in [1.54, 1.807) is 24.3 Å². The number of hydrogen-bond donors (Lipinski definition) is 3. The van der Waals surface area contributed by atoms with Crippen LogP contribution in [-0.2, 0) is 34.0 Å². The van der Waals surface area contributed by atoms with Crippen molar-refractivity contribution in [3.8, 4) is 0 Å². The van der Waals surface area contributed by atoms with Gasteiger partial charge >= 0.3 is 6.18 Å². The van der Waals surface area contributed by atoms with Crippen LogP contribution < -0.4 is 15.4 Å². The third-order valence-corrected chi connectivity index (χ3v) is 9.96. The molecule has 1 amide bonds. The van der Waals surface area contributed by atoms with Gasteiger partial charge in [0.15, 0.2) is 0 Å². The van der Waals surface area contributed by atoms with E-state index >= 15 is 0 Å². The van der Waals surface area contributed by atoms with Crippen molar-refractivity contribution in [3.05, 3.63) is 99.6 Å². The number of sulfonamides is 1. The minimum atomic E-state index is -4.70. The number of benzene rings is 3. The van der Waals surface area contributed by atoms with E-state index in [9.17, 15) is 26.4 Å². The van der Waals surface area contributed by atoms with E-state index < -0.39 is 32.7 Å². The first-order chi connectivity index (χ1) is 20.5. The molecule has 6 nitrogen and oxygen atoms in total. The molecule has 2 aliphatic rings. The van der Waals surface area contributed by atoms with Crippen LogP contribution in [0.3, 0.4) is 0 Å². The second kappa shape index (κ2) is 13.4. The number of alkyl halides is 3. The standard InChI is InChI=1S/C32H35ClF3N3O3S/c33-25-14-12-22(13-15-25)30(39-43(41,42)27-9-4-6-24(18-27)32(34,35)36)19-31(40)38-29-10-3-5-23-17-21(11-16-28(23)29)20-37-26-7-1-2-8-26/h4,6,9,11-18,26,29-30,37,39H,1-3,5,7-8,10,19-20H2,(H,38,40)/t29-,30?/m1/s1. The summed E-state index contributed by atoms with van der Waals surface area (Å²) in [7, 11) is -4.41. The van der Waals surface area contributed by atoms with Gasteiger partial charge in [-0.1, -0.05) is 60.8 Å². The lowest BCUT2D eigenvalue weighted by Crippen LogP contribution is -2.36. The van der Waals surface area contributed by atoms with Crippen LogP contribution in [-0.4, -0.2) is 20.4 Å². The Labute approximate surface area is 255 Å². The fourth-order valence-corrected chi connectivity index (χ4v) is 7.37. The monoisotopic (exact) mass is 633 g/mol. The molecule has 3 aromatic rings. The second-order valence-corrected chi connectivity index (χ2v) is 13.5. The van der Waals surface area contributed by atoms with Gasteiger partial charge in [0, 0.05) is 24.0 Å². The van der Waals surface area contributed by atoms with Crippen molar-refractivity contribution in [1.29, 1.82) is 0 Å². The molecule has 230 valence electrons. The Morgan fingerprint density at radius 1 is 0.953 bits per heavy atom. The van der Waals surface area contributed by atoms with Gasteiger partial charge in [0.25, 0.3) is 0 Å². The van der Waals surface area contributed by atoms with Crippen LogP contribution >= 0.6 is 11.6 Å². The molecular formula is C32H35ClF3N3O3S. The molecule has 1 unspecified atom stereocenters. The van der Waals surface area contributed by atoms with E-state index in [-0.39, 0.29) is 18.4 Å². The zero-order valence-electron chi connectivity index (χ0n) is 23.6. The average molecular weight is 634 g/mol. The number of carbonyl (C=O) groups excluding carboxylic acids is 1. The molecule has 2 atom stereocenters. The van der Waals surface area contributed by atoms with Crippen LogP contribution in [0.15, 0.2) is 71.6 Å². The van der Waals surface area contributed by atoms with Crippen LogP contribution in [0.25, 0.3) is 0 Å². The number of fused-ring (bicyclic) bond motifs is 1. The first-order valence-corrected chi connectivity index (χ1v) is 16.4. The third-order valence-electron chi connectivity index (χ3n) is 8.24. The van der Waals surface area contributed by atoms with Crippen molar-refractivity contribution in [2.45, 2.75) is 87.1 Å². The molecule has 0 spiro atoms. The van der Waals surface area contributed by atoms with Gasteiger partial charge < -0.3 is 10.6 Å². The molecule has 43 heavy (non-hydrogen) atoms. The Morgan fingerprint density at radius 3 is 2.42 bits per heavy atom. The zero-order valence-corrected chi connectivity index (χ0v) is 25.2. The highest BCUT2D eigenvalue weighted by molar-refractivity contribution is 7.89. The topological polar surface area (TPSA) is 87.3 Å². The molecule has 0 saturated heterocycles. The summed E-state index contributed by atoms with van der Waals surface area (Å²) >= 11 is 6.02. The van der Waals surface area contributed by atoms with Gasteiger partial charge in [-0.05, 0) is 84.7 Å². The van der Waals surface area contributed by atoms with Crippen LogP contribution in [0.1, 0.15) is 84.8 Å². The molecular weight excluding hydrogens is 599 g/mol. The summed E-state index contributed by atoms with van der Waals surface area (Å²) < 4.78 is 68.7. The average Bonchev–Trinajstić information content (AvgIpc) is 3.50. The molecule has 0 aliphatic heterocycles. The van der Waals surface area contributed by atoms with Crippen LogP contribution in [0, 0.1) is 0 Å². The van der Waals surface area contributed by atoms with Crippen LogP contribution in [0.2, 0.25) is 5.02 Å². The molecule has 5 rings (SSSR count). The Kier molecular flexibility index (Phi) is 9.80. The SMILES string of the molecule is O=C(CC(NS(=O)(=O)c1cccc(C(F)(F)F)c1)c1ccc(Cl)cc1)N[C@@H]1CCCc2cc(CNC3CCCC3)ccc21. The van der Waals surface area contributed by atoms with Gasteiger partial charge in [0.1, 0.15) is 0 Å². The number of amides is 1. The zero-order chi connectivity index (χ0) is 30.6. The quantitative estimate of drug-likeness (QED) is 0.225. The van der Waals surface area contributed by atoms with E-state index in [0.717, 1.165) is 49.6 Å². The molecule has 11 heteroatoms. The summed E-state index contributed by atoms with van der Waals surface area (Å²) in [6, 6.07) is 15.5. The predicted octanol–water partition coefficient (Wildman–Crippen LogP) is 6.99. The largest absolute Gasteiger partial charge is 0.416 e. The lowest BCUT2D eigenvalue weighted by atomic mass is 9.86. The third kappa shape index (κ3) is 8.17. The van der Waals surface area contributed by atoms with Crippen molar-refractivity contribution in [2.24, 2.45) is 0 Å². The number of carbonyl (C=O) groups is 1. The lowest BCUT2D eigenvalue weighted by Gasteiger charge is -2.28. The van der Waals surface area contributed by atoms with Crippen LogP contribution in [0.4, 0.5) is 13.2 Å². The maximum Gasteiger partial charge on any atom is 0.416 e. The molecule has 0 heterocycles. The first kappa shape index (κ1) is 31.5. The minimum Gasteiger partial charge on any atom is -0.349 e. The molecule has 3 aromatic carbocycles. The second-order valence-electron chi connectivity index (χ2n) is 11.4. The number of halogens is 4. The Bertz CT molecular complexity index is 1540. The highest BCUT2D eigenvalue weighted by Gasteiger charge is 2.33. The molecule has 1 fully saturated rings. The van der Waals surface area contributed by atoms with E-state index in [1.807, 2.05) is 0 Å². The molecule has 1 saturated carbocycles. The van der Waals surface area contributed by atoms with Gasteiger partial charge in [-0.25, -0.2) is 13.1 Å². The Morgan fingerprint density at radius 2 is 1.70 bits per heavy atom. The smallest absolute Gasteiger partial charge is 0.349 e. The van der Waals surface area contributed by atoms with Crippen molar-refractivity contribution in [1.82, 2.24) is 15.4 Å². The van der Waals surface area contributed by atoms with E-state index in [4.69, 9.17) is 11.6 Å². The van der Waals surface area contributed by atoms with Crippen molar-refractivity contribution in [2.75, 3.05) is 0 Å². The highest BCUT2D eigenvalue weighted by atomic mass is 35.5. The maximum absolute atomic E-state index is 13.4. The lowest BCUT2D eigenvalue weighted by molar-refractivity contribution is -0.137. The van der Waals surface area contributed by atoms with Crippen LogP contribution in [0.5, 0.6) is 0 Å². The normalized spacial score (nSPS) is 18.3. The number of nitrogens with one attached hydrogen (secondary N) is 3. The summed E-state index contributed by atoms with van der Waals surface area (Å²) in [6.45, 7) is 0.809. The summed E-state index contributed by atoms with van der Waals surface area (Å²) in [5.74, 6) is -0.378. The first-order valence-electron chi connectivity index (χ1n) is 14.6. The summed E-state index contributed by atoms with van der Waals surface area (Å²) in [5, 5.41) is 7.13. The summed E-state index contributed by atoms with van der Waals surface area (Å²) in [4.78, 5) is 12.8. The van der Waals surface area contributed by atoms with Crippen molar-refractivity contribution >= 4 is 27.5 Å². The fourth-order valence-electron chi connectivity index (χ4n) is 5.98.